The molecule has 2 bridgehead atoms. The monoisotopic (exact) mass is 375 g/mol. The van der Waals surface area contributed by atoms with Gasteiger partial charge in [0.1, 0.15) is 11.4 Å². The molecule has 2 saturated heterocycles. The first-order chi connectivity index (χ1) is 12.7. The highest BCUT2D eigenvalue weighted by molar-refractivity contribution is 5.78. The fourth-order valence-electron chi connectivity index (χ4n) is 4.46. The predicted octanol–water partition coefficient (Wildman–Crippen LogP) is 3.74. The summed E-state index contributed by atoms with van der Waals surface area (Å²) in [5.41, 5.74) is 0.511. The van der Waals surface area contributed by atoms with E-state index in [9.17, 15) is 9.59 Å². The van der Waals surface area contributed by atoms with Crippen LogP contribution in [0.15, 0.2) is 24.3 Å². The number of ether oxygens (including phenoxy) is 3. The summed E-state index contributed by atoms with van der Waals surface area (Å²) in [6.07, 6.45) is 2.06. The number of hydrogen-bond donors (Lipinski definition) is 0. The SMILES string of the molecule is COC(=O)C1C(c2ccc(OC)cc2)CC2CCC1N2C(=O)OC(C)(C)C. The van der Waals surface area contributed by atoms with Crippen molar-refractivity contribution in [2.45, 2.75) is 63.6 Å². The van der Waals surface area contributed by atoms with Crippen LogP contribution < -0.4 is 4.74 Å². The van der Waals surface area contributed by atoms with E-state index >= 15 is 0 Å². The Morgan fingerprint density at radius 2 is 1.74 bits per heavy atom. The Bertz CT molecular complexity index is 694. The molecule has 2 heterocycles. The van der Waals surface area contributed by atoms with E-state index in [2.05, 4.69) is 0 Å². The third-order valence-electron chi connectivity index (χ3n) is 5.54. The Balaban J connectivity index is 1.90. The first-order valence-corrected chi connectivity index (χ1v) is 9.48. The van der Waals surface area contributed by atoms with Crippen molar-refractivity contribution < 1.29 is 23.8 Å². The van der Waals surface area contributed by atoms with E-state index in [0.717, 1.165) is 30.6 Å². The van der Waals surface area contributed by atoms with Gasteiger partial charge in [-0.25, -0.2) is 4.79 Å². The molecule has 1 amide bonds. The second-order valence-corrected chi connectivity index (χ2v) is 8.35. The first kappa shape index (κ1) is 19.5. The van der Waals surface area contributed by atoms with Crippen molar-refractivity contribution in [2.24, 2.45) is 5.92 Å². The number of amides is 1. The molecule has 2 aliphatic heterocycles. The second-order valence-electron chi connectivity index (χ2n) is 8.35. The van der Waals surface area contributed by atoms with Gasteiger partial charge in [0.2, 0.25) is 0 Å². The summed E-state index contributed by atoms with van der Waals surface area (Å²) in [5, 5.41) is 0. The molecule has 6 heteroatoms. The number of hydrogen-bond acceptors (Lipinski definition) is 5. The van der Waals surface area contributed by atoms with Crippen LogP contribution in [0.2, 0.25) is 0 Å². The smallest absolute Gasteiger partial charge is 0.410 e. The van der Waals surface area contributed by atoms with Gasteiger partial charge in [0.15, 0.2) is 0 Å². The largest absolute Gasteiger partial charge is 0.497 e. The summed E-state index contributed by atoms with van der Waals surface area (Å²) in [6, 6.07) is 7.71. The quantitative estimate of drug-likeness (QED) is 0.753. The van der Waals surface area contributed by atoms with E-state index in [4.69, 9.17) is 14.2 Å². The summed E-state index contributed by atoms with van der Waals surface area (Å²) in [6.45, 7) is 5.57. The van der Waals surface area contributed by atoms with Crippen LogP contribution in [0, 0.1) is 5.92 Å². The van der Waals surface area contributed by atoms with Crippen LogP contribution in [0.3, 0.4) is 0 Å². The summed E-state index contributed by atoms with van der Waals surface area (Å²) < 4.78 is 16.0. The van der Waals surface area contributed by atoms with Crippen molar-refractivity contribution >= 4 is 12.1 Å². The van der Waals surface area contributed by atoms with Crippen LogP contribution in [0.5, 0.6) is 5.75 Å². The van der Waals surface area contributed by atoms with Crippen LogP contribution in [-0.2, 0) is 14.3 Å². The highest BCUT2D eigenvalue weighted by atomic mass is 16.6. The predicted molar refractivity (Wildman–Crippen MR) is 101 cm³/mol. The standard InChI is InChI=1S/C21H29NO5/c1-21(2,3)27-20(24)22-14-8-11-17(22)18(19(23)26-5)16(12-14)13-6-9-15(25-4)10-7-13/h6-7,9-10,14,16-18H,8,11-12H2,1-5H3. The zero-order chi connectivity index (χ0) is 19.8. The van der Waals surface area contributed by atoms with E-state index in [1.54, 1.807) is 12.0 Å². The molecular formula is C21H29NO5. The van der Waals surface area contributed by atoms with E-state index < -0.39 is 11.5 Å². The van der Waals surface area contributed by atoms with Gasteiger partial charge in [-0.3, -0.25) is 4.79 Å². The number of carbonyl (C=O) groups excluding carboxylic acids is 2. The molecular weight excluding hydrogens is 346 g/mol. The molecule has 0 saturated carbocycles. The summed E-state index contributed by atoms with van der Waals surface area (Å²) in [5.74, 6) is 0.131. The number of nitrogens with zero attached hydrogens (tertiary/aromatic N) is 1. The zero-order valence-corrected chi connectivity index (χ0v) is 16.7. The Morgan fingerprint density at radius 3 is 2.30 bits per heavy atom. The molecule has 27 heavy (non-hydrogen) atoms. The first-order valence-electron chi connectivity index (χ1n) is 9.48. The molecule has 1 aromatic rings. The van der Waals surface area contributed by atoms with Gasteiger partial charge in [0, 0.05) is 18.0 Å². The van der Waals surface area contributed by atoms with Crippen LogP contribution in [0.25, 0.3) is 0 Å². The van der Waals surface area contributed by atoms with Crippen LogP contribution >= 0.6 is 0 Å². The molecule has 2 aliphatic rings. The Kier molecular flexibility index (Phi) is 5.36. The average molecular weight is 375 g/mol. The number of fused-ring (bicyclic) bond motifs is 2. The lowest BCUT2D eigenvalue weighted by Crippen LogP contribution is -2.54. The van der Waals surface area contributed by atoms with Crippen molar-refractivity contribution in [3.05, 3.63) is 29.8 Å². The number of esters is 1. The third kappa shape index (κ3) is 3.89. The Morgan fingerprint density at radius 1 is 1.07 bits per heavy atom. The maximum absolute atomic E-state index is 12.8. The van der Waals surface area contributed by atoms with Crippen molar-refractivity contribution in [1.29, 1.82) is 0 Å². The van der Waals surface area contributed by atoms with Crippen molar-refractivity contribution in [1.82, 2.24) is 4.90 Å². The zero-order valence-electron chi connectivity index (χ0n) is 16.7. The topological polar surface area (TPSA) is 65.1 Å². The number of methoxy groups -OCH3 is 2. The lowest BCUT2D eigenvalue weighted by atomic mass is 9.76. The van der Waals surface area contributed by atoms with Gasteiger partial charge in [-0.2, -0.15) is 0 Å². The molecule has 2 fully saturated rings. The highest BCUT2D eigenvalue weighted by Gasteiger charge is 2.53. The van der Waals surface area contributed by atoms with Crippen molar-refractivity contribution in [3.8, 4) is 5.75 Å². The molecule has 0 N–H and O–H groups in total. The van der Waals surface area contributed by atoms with Crippen LogP contribution in [0.1, 0.15) is 51.5 Å². The molecule has 4 unspecified atom stereocenters. The van der Waals surface area contributed by atoms with Gasteiger partial charge in [-0.05, 0) is 57.7 Å². The minimum atomic E-state index is -0.565. The molecule has 0 aromatic heterocycles. The van der Waals surface area contributed by atoms with E-state index in [0.29, 0.717) is 0 Å². The van der Waals surface area contributed by atoms with E-state index in [1.807, 2.05) is 45.0 Å². The van der Waals surface area contributed by atoms with Gasteiger partial charge < -0.3 is 19.1 Å². The lowest BCUT2D eigenvalue weighted by molar-refractivity contribution is -0.150. The minimum Gasteiger partial charge on any atom is -0.497 e. The average Bonchev–Trinajstić information content (AvgIpc) is 2.94. The van der Waals surface area contributed by atoms with Gasteiger partial charge in [-0.1, -0.05) is 12.1 Å². The van der Waals surface area contributed by atoms with E-state index in [1.165, 1.54) is 7.11 Å². The van der Waals surface area contributed by atoms with Crippen molar-refractivity contribution in [2.75, 3.05) is 14.2 Å². The van der Waals surface area contributed by atoms with Gasteiger partial charge in [-0.15, -0.1) is 0 Å². The maximum atomic E-state index is 12.8. The molecule has 4 atom stereocenters. The second kappa shape index (κ2) is 7.41. The number of benzene rings is 1. The Labute approximate surface area is 160 Å². The minimum absolute atomic E-state index is 0.0135. The lowest BCUT2D eigenvalue weighted by Gasteiger charge is -2.43. The number of piperidine rings is 1. The van der Waals surface area contributed by atoms with Gasteiger partial charge in [0.25, 0.3) is 0 Å². The summed E-state index contributed by atoms with van der Waals surface area (Å²) in [4.78, 5) is 27.3. The third-order valence-corrected chi connectivity index (χ3v) is 5.54. The van der Waals surface area contributed by atoms with E-state index in [-0.39, 0.29) is 30.1 Å². The van der Waals surface area contributed by atoms with Crippen molar-refractivity contribution in [3.63, 3.8) is 0 Å². The summed E-state index contributed by atoms with van der Waals surface area (Å²) >= 11 is 0. The Hall–Kier alpha value is -2.24. The van der Waals surface area contributed by atoms with Gasteiger partial charge >= 0.3 is 12.1 Å². The van der Waals surface area contributed by atoms with Crippen LogP contribution in [-0.4, -0.2) is 48.9 Å². The fraction of sp³-hybridized carbons (Fsp3) is 0.619. The number of rotatable bonds is 3. The normalized spacial score (nSPS) is 27.2. The highest BCUT2D eigenvalue weighted by Crippen LogP contribution is 2.48. The molecule has 6 nitrogen and oxygen atoms in total. The molecule has 0 spiro atoms. The molecule has 0 aliphatic carbocycles. The molecule has 0 radical (unpaired) electrons. The molecule has 3 rings (SSSR count). The molecule has 148 valence electrons. The maximum Gasteiger partial charge on any atom is 0.410 e. The van der Waals surface area contributed by atoms with Crippen LogP contribution in [0.4, 0.5) is 4.79 Å². The fourth-order valence-corrected chi connectivity index (χ4v) is 4.46. The number of carbonyl (C=O) groups is 2. The summed E-state index contributed by atoms with van der Waals surface area (Å²) in [7, 11) is 3.04. The van der Waals surface area contributed by atoms with Gasteiger partial charge in [0.05, 0.1) is 20.1 Å². The molecule has 1 aromatic carbocycles.